The van der Waals surface area contributed by atoms with Crippen molar-refractivity contribution in [2.75, 3.05) is 13.1 Å². The first kappa shape index (κ1) is 14.8. The lowest BCUT2D eigenvalue weighted by atomic mass is 9.83. The zero-order chi connectivity index (χ0) is 15.1. The van der Waals surface area contributed by atoms with Gasteiger partial charge in [0.25, 0.3) is 0 Å². The van der Waals surface area contributed by atoms with Crippen LogP contribution < -0.4 is 0 Å². The molecule has 20 heavy (non-hydrogen) atoms. The number of carbonyl (C=O) groups is 1. The number of amides is 1. The first-order valence-electron chi connectivity index (χ1n) is 6.22. The quantitative estimate of drug-likeness (QED) is 0.908. The van der Waals surface area contributed by atoms with Gasteiger partial charge < -0.3 is 10.0 Å². The summed E-state index contributed by atoms with van der Waals surface area (Å²) < 4.78 is 38.0. The number of carbonyl (C=O) groups excluding carboxylic acids is 1. The Labute approximate surface area is 114 Å². The summed E-state index contributed by atoms with van der Waals surface area (Å²) in [6.45, 7) is 3.86. The number of alkyl halides is 3. The molecule has 0 spiro atoms. The van der Waals surface area contributed by atoms with Gasteiger partial charge in [0.15, 0.2) is 5.69 Å². The first-order chi connectivity index (χ1) is 9.12. The average Bonchev–Trinajstić information content (AvgIpc) is 2.72. The predicted molar refractivity (Wildman–Crippen MR) is 63.6 cm³/mol. The van der Waals surface area contributed by atoms with Gasteiger partial charge in [-0.25, -0.2) is 0 Å². The van der Waals surface area contributed by atoms with Gasteiger partial charge in [0.2, 0.25) is 5.91 Å². The molecule has 112 valence electrons. The van der Waals surface area contributed by atoms with Gasteiger partial charge in [-0.3, -0.25) is 9.48 Å². The monoisotopic (exact) mass is 291 g/mol. The van der Waals surface area contributed by atoms with Crippen LogP contribution in [0.3, 0.4) is 0 Å². The number of aromatic nitrogens is 2. The van der Waals surface area contributed by atoms with E-state index in [1.165, 1.54) is 4.90 Å². The van der Waals surface area contributed by atoms with Crippen LogP contribution in [-0.4, -0.2) is 44.4 Å². The summed E-state index contributed by atoms with van der Waals surface area (Å²) in [6.07, 6.45) is -3.39. The molecular weight excluding hydrogens is 275 g/mol. The van der Waals surface area contributed by atoms with Gasteiger partial charge in [0.05, 0.1) is 13.1 Å². The zero-order valence-corrected chi connectivity index (χ0v) is 11.2. The molecule has 0 radical (unpaired) electrons. The van der Waals surface area contributed by atoms with E-state index in [1.54, 1.807) is 0 Å². The molecule has 1 amide bonds. The van der Waals surface area contributed by atoms with Crippen molar-refractivity contribution in [1.82, 2.24) is 14.7 Å². The molecule has 0 saturated carbocycles. The number of hydrogen-bond donors (Lipinski definition) is 1. The molecule has 8 heteroatoms. The Morgan fingerprint density at radius 1 is 1.50 bits per heavy atom. The van der Waals surface area contributed by atoms with Crippen LogP contribution in [0.2, 0.25) is 0 Å². The highest BCUT2D eigenvalue weighted by molar-refractivity contribution is 5.77. The Balaban J connectivity index is 1.92. The number of β-amino-alcohol motifs (C(OH)–C–C–N with tert-alkyl or cyclic N) is 1. The highest BCUT2D eigenvalue weighted by Crippen LogP contribution is 2.29. The molecule has 1 N–H and O–H groups in total. The normalized spacial score (nSPS) is 18.2. The Hall–Kier alpha value is -1.57. The van der Waals surface area contributed by atoms with E-state index >= 15 is 0 Å². The van der Waals surface area contributed by atoms with E-state index < -0.39 is 17.5 Å². The van der Waals surface area contributed by atoms with Gasteiger partial charge in [-0.15, -0.1) is 0 Å². The van der Waals surface area contributed by atoms with Gasteiger partial charge in [0, 0.05) is 6.20 Å². The topological polar surface area (TPSA) is 58.4 Å². The molecule has 2 heterocycles. The Bertz CT molecular complexity index is 504. The molecule has 5 nitrogen and oxygen atoms in total. The number of nitrogens with zero attached hydrogens (tertiary/aromatic N) is 3. The molecule has 1 aliphatic heterocycles. The second kappa shape index (κ2) is 4.76. The number of likely N-dealkylation sites (tertiary alicyclic amines) is 1. The smallest absolute Gasteiger partial charge is 0.386 e. The third-order valence-electron chi connectivity index (χ3n) is 3.59. The number of halogens is 3. The van der Waals surface area contributed by atoms with Crippen molar-refractivity contribution in [3.8, 4) is 0 Å². The summed E-state index contributed by atoms with van der Waals surface area (Å²) in [5.74, 6) is -0.333. The Morgan fingerprint density at radius 3 is 2.55 bits per heavy atom. The number of rotatable bonds is 3. The molecule has 2 rings (SSSR count). The lowest BCUT2D eigenvalue weighted by molar-refractivity contribution is -0.164. The van der Waals surface area contributed by atoms with Crippen molar-refractivity contribution in [3.05, 3.63) is 18.0 Å². The zero-order valence-electron chi connectivity index (χ0n) is 11.2. The second-order valence-electron chi connectivity index (χ2n) is 5.40. The van der Waals surface area contributed by atoms with Crippen molar-refractivity contribution in [3.63, 3.8) is 0 Å². The van der Waals surface area contributed by atoms with Crippen LogP contribution in [0.25, 0.3) is 0 Å². The molecular formula is C12H16F3N3O2. The average molecular weight is 291 g/mol. The first-order valence-corrected chi connectivity index (χ1v) is 6.22. The molecule has 1 fully saturated rings. The van der Waals surface area contributed by atoms with Gasteiger partial charge in [-0.2, -0.15) is 18.3 Å². The molecule has 0 unspecified atom stereocenters. The highest BCUT2D eigenvalue weighted by atomic mass is 19.4. The van der Waals surface area contributed by atoms with E-state index in [0.717, 1.165) is 16.9 Å². The minimum absolute atomic E-state index is 0.0214. The number of aliphatic hydroxyl groups is 1. The van der Waals surface area contributed by atoms with Gasteiger partial charge in [-0.1, -0.05) is 13.8 Å². The van der Waals surface area contributed by atoms with Crippen LogP contribution in [0.1, 0.15) is 19.5 Å². The number of hydrogen-bond acceptors (Lipinski definition) is 3. The van der Waals surface area contributed by atoms with E-state index in [0.29, 0.717) is 0 Å². The third kappa shape index (κ3) is 2.79. The van der Waals surface area contributed by atoms with Crippen LogP contribution in [-0.2, 0) is 17.5 Å². The minimum Gasteiger partial charge on any atom is -0.386 e. The summed E-state index contributed by atoms with van der Waals surface area (Å²) in [6, 6.07) is 0.827. The molecule has 1 aromatic heterocycles. The van der Waals surface area contributed by atoms with E-state index in [4.69, 9.17) is 0 Å². The molecule has 0 atom stereocenters. The summed E-state index contributed by atoms with van der Waals surface area (Å²) in [4.78, 5) is 13.2. The second-order valence-corrected chi connectivity index (χ2v) is 5.40. The van der Waals surface area contributed by atoms with Gasteiger partial charge >= 0.3 is 6.18 Å². The van der Waals surface area contributed by atoms with Crippen molar-refractivity contribution >= 4 is 5.91 Å². The summed E-state index contributed by atoms with van der Waals surface area (Å²) in [7, 11) is 0. The molecule has 0 aromatic carbocycles. The van der Waals surface area contributed by atoms with E-state index in [1.807, 2.05) is 13.8 Å². The van der Waals surface area contributed by atoms with Crippen LogP contribution in [0.4, 0.5) is 13.2 Å². The SMILES string of the molecule is CC(C)C1(O)CN(C(=O)Cn2ccc(C(F)(F)F)n2)C1. The van der Waals surface area contributed by atoms with E-state index in [9.17, 15) is 23.1 Å². The lowest BCUT2D eigenvalue weighted by Gasteiger charge is -2.49. The molecule has 1 saturated heterocycles. The molecule has 0 bridgehead atoms. The maximum absolute atomic E-state index is 12.4. The Kier molecular flexibility index (Phi) is 3.53. The van der Waals surface area contributed by atoms with Crippen LogP contribution in [0, 0.1) is 5.92 Å². The van der Waals surface area contributed by atoms with Crippen molar-refractivity contribution in [2.45, 2.75) is 32.2 Å². The standard InChI is InChI=1S/C12H16F3N3O2/c1-8(2)11(20)6-17(7-11)10(19)5-18-4-3-9(16-18)12(13,14)15/h3-4,8,20H,5-7H2,1-2H3. The van der Waals surface area contributed by atoms with Crippen LogP contribution in [0.15, 0.2) is 12.3 Å². The fourth-order valence-corrected chi connectivity index (χ4v) is 2.00. The maximum atomic E-state index is 12.4. The van der Waals surface area contributed by atoms with Crippen molar-refractivity contribution in [1.29, 1.82) is 0 Å². The van der Waals surface area contributed by atoms with Gasteiger partial charge in [-0.05, 0) is 12.0 Å². The summed E-state index contributed by atoms with van der Waals surface area (Å²) in [5.41, 5.74) is -1.91. The lowest BCUT2D eigenvalue weighted by Crippen LogP contribution is -2.66. The molecule has 1 aromatic rings. The van der Waals surface area contributed by atoms with E-state index in [2.05, 4.69) is 5.10 Å². The highest BCUT2D eigenvalue weighted by Gasteiger charge is 2.45. The molecule has 0 aliphatic carbocycles. The largest absolute Gasteiger partial charge is 0.435 e. The minimum atomic E-state index is -4.51. The third-order valence-corrected chi connectivity index (χ3v) is 3.59. The fraction of sp³-hybridized carbons (Fsp3) is 0.667. The maximum Gasteiger partial charge on any atom is 0.435 e. The van der Waals surface area contributed by atoms with Crippen molar-refractivity contribution in [2.24, 2.45) is 5.92 Å². The van der Waals surface area contributed by atoms with Gasteiger partial charge in [0.1, 0.15) is 12.1 Å². The molecule has 1 aliphatic rings. The predicted octanol–water partition coefficient (Wildman–Crippen LogP) is 1.13. The van der Waals surface area contributed by atoms with Crippen LogP contribution in [0.5, 0.6) is 0 Å². The van der Waals surface area contributed by atoms with E-state index in [-0.39, 0.29) is 31.5 Å². The van der Waals surface area contributed by atoms with Crippen LogP contribution >= 0.6 is 0 Å². The fourth-order valence-electron chi connectivity index (χ4n) is 2.00. The Morgan fingerprint density at radius 2 is 2.10 bits per heavy atom. The summed E-state index contributed by atoms with van der Waals surface area (Å²) >= 11 is 0. The summed E-state index contributed by atoms with van der Waals surface area (Å²) in [5, 5.41) is 13.3. The van der Waals surface area contributed by atoms with Crippen molar-refractivity contribution < 1.29 is 23.1 Å².